The van der Waals surface area contributed by atoms with Crippen molar-refractivity contribution in [1.29, 1.82) is 0 Å². The number of halogens is 1. The Morgan fingerprint density at radius 2 is 2.11 bits per heavy atom. The summed E-state index contributed by atoms with van der Waals surface area (Å²) in [5, 5.41) is 17.3. The number of carbonyl (C=O) groups is 2. The highest BCUT2D eigenvalue weighted by Gasteiger charge is 2.28. The summed E-state index contributed by atoms with van der Waals surface area (Å²) in [5.74, 6) is 0.0576. The second-order valence-electron chi connectivity index (χ2n) is 7.36. The van der Waals surface area contributed by atoms with Crippen molar-refractivity contribution in [3.63, 3.8) is 0 Å². The van der Waals surface area contributed by atoms with Crippen LogP contribution in [-0.4, -0.2) is 53.9 Å². The lowest BCUT2D eigenvalue weighted by Crippen LogP contribution is -2.46. The minimum Gasteiger partial charge on any atom is -0.354 e. The number of piperidine rings is 1. The van der Waals surface area contributed by atoms with Crippen LogP contribution in [0.15, 0.2) is 18.2 Å². The third-order valence-electron chi connectivity index (χ3n) is 5.48. The van der Waals surface area contributed by atoms with Crippen molar-refractivity contribution in [1.82, 2.24) is 15.5 Å². The van der Waals surface area contributed by atoms with E-state index >= 15 is 0 Å². The topological polar surface area (TPSA) is 105 Å². The van der Waals surface area contributed by atoms with E-state index in [2.05, 4.69) is 10.6 Å². The lowest BCUT2D eigenvalue weighted by atomic mass is 9.96. The largest absolute Gasteiger partial charge is 0.354 e. The number of nitrogens with one attached hydrogen (secondary N) is 2. The molecule has 154 valence electrons. The summed E-state index contributed by atoms with van der Waals surface area (Å²) in [4.78, 5) is 37.5. The Morgan fingerprint density at radius 1 is 1.32 bits per heavy atom. The molecule has 0 spiro atoms. The average molecular weight is 411 g/mol. The fraction of sp³-hybridized carbons (Fsp3) is 0.579. The van der Waals surface area contributed by atoms with Crippen LogP contribution in [0, 0.1) is 23.0 Å². The molecule has 0 aliphatic carbocycles. The van der Waals surface area contributed by atoms with E-state index in [-0.39, 0.29) is 41.9 Å². The van der Waals surface area contributed by atoms with Crippen LogP contribution < -0.4 is 10.6 Å². The number of carbonyl (C=O) groups excluding carboxylic acids is 2. The summed E-state index contributed by atoms with van der Waals surface area (Å²) in [6.07, 6.45) is 3.71. The molecule has 2 aliphatic rings. The summed E-state index contributed by atoms with van der Waals surface area (Å²) in [5.41, 5.74) is 0.741. The second kappa shape index (κ2) is 9.84. The van der Waals surface area contributed by atoms with Crippen molar-refractivity contribution < 1.29 is 14.5 Å². The van der Waals surface area contributed by atoms with E-state index in [1.807, 2.05) is 0 Å². The number of nitro groups is 1. The van der Waals surface area contributed by atoms with Crippen molar-refractivity contribution in [3.8, 4) is 0 Å². The van der Waals surface area contributed by atoms with Gasteiger partial charge in [0.05, 0.1) is 11.0 Å². The van der Waals surface area contributed by atoms with Gasteiger partial charge in [-0.3, -0.25) is 19.7 Å². The summed E-state index contributed by atoms with van der Waals surface area (Å²) in [6.45, 7) is 4.23. The number of amides is 2. The molecule has 2 saturated heterocycles. The Morgan fingerprint density at radius 3 is 2.79 bits per heavy atom. The van der Waals surface area contributed by atoms with Crippen molar-refractivity contribution in [3.05, 3.63) is 39.4 Å². The van der Waals surface area contributed by atoms with Crippen LogP contribution in [-0.2, 0) is 4.79 Å². The van der Waals surface area contributed by atoms with Crippen LogP contribution in [0.3, 0.4) is 0 Å². The summed E-state index contributed by atoms with van der Waals surface area (Å²) >= 11 is 0. The zero-order chi connectivity index (χ0) is 19.4. The Bertz CT molecular complexity index is 737. The standard InChI is InChI=1S/C19H26N4O4.ClH/c1-13-15(6-2-8-17(13)23(26)27)19(25)22-10-4-5-14(12-22)11-21-18(24)16-7-3-9-20-16;/h2,6,8,14,16,20H,3-5,7,9-12H2,1H3,(H,21,24);1H. The van der Waals surface area contributed by atoms with Gasteiger partial charge in [-0.25, -0.2) is 0 Å². The molecule has 3 rings (SSSR count). The molecule has 0 radical (unpaired) electrons. The van der Waals surface area contributed by atoms with E-state index in [0.717, 1.165) is 32.2 Å². The number of rotatable bonds is 5. The normalized spacial score (nSPS) is 21.7. The molecule has 2 amide bonds. The van der Waals surface area contributed by atoms with Crippen molar-refractivity contribution >= 4 is 29.9 Å². The first-order valence-electron chi connectivity index (χ1n) is 9.51. The third kappa shape index (κ3) is 4.99. The highest BCUT2D eigenvalue weighted by molar-refractivity contribution is 5.96. The molecule has 2 aliphatic heterocycles. The maximum absolute atomic E-state index is 12.9. The zero-order valence-corrected chi connectivity index (χ0v) is 16.8. The van der Waals surface area contributed by atoms with Gasteiger partial charge in [0.25, 0.3) is 11.6 Å². The first kappa shape index (κ1) is 22.1. The minimum atomic E-state index is -0.461. The summed E-state index contributed by atoms with van der Waals surface area (Å²) in [7, 11) is 0. The van der Waals surface area contributed by atoms with Crippen molar-refractivity contribution in [2.75, 3.05) is 26.2 Å². The van der Waals surface area contributed by atoms with Gasteiger partial charge in [0, 0.05) is 36.8 Å². The number of likely N-dealkylation sites (tertiary alicyclic amines) is 1. The van der Waals surface area contributed by atoms with Gasteiger partial charge in [0.2, 0.25) is 5.91 Å². The number of nitro benzene ring substituents is 1. The summed E-state index contributed by atoms with van der Waals surface area (Å²) < 4.78 is 0. The van der Waals surface area contributed by atoms with Crippen LogP contribution >= 0.6 is 12.4 Å². The van der Waals surface area contributed by atoms with E-state index in [4.69, 9.17) is 0 Å². The monoisotopic (exact) mass is 410 g/mol. The SMILES string of the molecule is Cc1c(C(=O)N2CCCC(CNC(=O)C3CCCN3)C2)cccc1[N+](=O)[O-].Cl. The molecule has 2 N–H and O–H groups in total. The van der Waals surface area contributed by atoms with E-state index in [0.29, 0.717) is 30.8 Å². The average Bonchev–Trinajstić information content (AvgIpc) is 3.20. The first-order valence-corrected chi connectivity index (χ1v) is 9.51. The third-order valence-corrected chi connectivity index (χ3v) is 5.48. The Labute approximate surface area is 170 Å². The molecule has 2 unspecified atom stereocenters. The van der Waals surface area contributed by atoms with Gasteiger partial charge in [0.15, 0.2) is 0 Å². The molecule has 0 aromatic heterocycles. The molecule has 0 saturated carbocycles. The quantitative estimate of drug-likeness (QED) is 0.571. The zero-order valence-electron chi connectivity index (χ0n) is 16.0. The van der Waals surface area contributed by atoms with E-state index in [1.54, 1.807) is 24.0 Å². The molecule has 2 fully saturated rings. The first-order chi connectivity index (χ1) is 13.0. The minimum absolute atomic E-state index is 0. The van der Waals surface area contributed by atoms with Gasteiger partial charge >= 0.3 is 0 Å². The molecule has 2 heterocycles. The lowest BCUT2D eigenvalue weighted by molar-refractivity contribution is -0.385. The highest BCUT2D eigenvalue weighted by atomic mass is 35.5. The number of nitrogens with zero attached hydrogens (tertiary/aromatic N) is 2. The molecular weight excluding hydrogens is 384 g/mol. The Kier molecular flexibility index (Phi) is 7.77. The number of benzene rings is 1. The molecule has 0 bridgehead atoms. The molecule has 9 heteroatoms. The van der Waals surface area contributed by atoms with E-state index in [9.17, 15) is 19.7 Å². The maximum Gasteiger partial charge on any atom is 0.273 e. The molecule has 8 nitrogen and oxygen atoms in total. The van der Waals surface area contributed by atoms with Crippen LogP contribution in [0.2, 0.25) is 0 Å². The predicted molar refractivity (Wildman–Crippen MR) is 108 cm³/mol. The smallest absolute Gasteiger partial charge is 0.273 e. The maximum atomic E-state index is 12.9. The van der Waals surface area contributed by atoms with Gasteiger partial charge in [-0.2, -0.15) is 0 Å². The highest BCUT2D eigenvalue weighted by Crippen LogP contribution is 2.24. The fourth-order valence-corrected chi connectivity index (χ4v) is 3.92. The van der Waals surface area contributed by atoms with Crippen LogP contribution in [0.1, 0.15) is 41.6 Å². The lowest BCUT2D eigenvalue weighted by Gasteiger charge is -2.33. The van der Waals surface area contributed by atoms with Gasteiger partial charge in [-0.15, -0.1) is 12.4 Å². The van der Waals surface area contributed by atoms with Crippen molar-refractivity contribution in [2.24, 2.45) is 5.92 Å². The van der Waals surface area contributed by atoms with Crippen molar-refractivity contribution in [2.45, 2.75) is 38.6 Å². The molecule has 28 heavy (non-hydrogen) atoms. The Hall–Kier alpha value is -2.19. The molecular formula is C19H27ClN4O4. The van der Waals surface area contributed by atoms with Crippen LogP contribution in [0.4, 0.5) is 5.69 Å². The number of hydrogen-bond donors (Lipinski definition) is 2. The van der Waals surface area contributed by atoms with Gasteiger partial charge < -0.3 is 15.5 Å². The van der Waals surface area contributed by atoms with E-state index in [1.165, 1.54) is 6.07 Å². The predicted octanol–water partition coefficient (Wildman–Crippen LogP) is 2.05. The molecule has 2 atom stereocenters. The Balaban J connectivity index is 0.00000280. The van der Waals surface area contributed by atoms with E-state index < -0.39 is 4.92 Å². The van der Waals surface area contributed by atoms with Crippen LogP contribution in [0.25, 0.3) is 0 Å². The van der Waals surface area contributed by atoms with Gasteiger partial charge in [-0.05, 0) is 51.1 Å². The number of hydrogen-bond acceptors (Lipinski definition) is 5. The molecule has 1 aromatic carbocycles. The van der Waals surface area contributed by atoms with Crippen LogP contribution in [0.5, 0.6) is 0 Å². The second-order valence-corrected chi connectivity index (χ2v) is 7.36. The summed E-state index contributed by atoms with van der Waals surface area (Å²) in [6, 6.07) is 4.51. The van der Waals surface area contributed by atoms with Gasteiger partial charge in [0.1, 0.15) is 0 Å². The molecule has 1 aromatic rings. The fourth-order valence-electron chi connectivity index (χ4n) is 3.92. The van der Waals surface area contributed by atoms with Gasteiger partial charge in [-0.1, -0.05) is 6.07 Å².